The molecule has 1 N–H and O–H groups in total. The highest BCUT2D eigenvalue weighted by Crippen LogP contribution is 2.24. The highest BCUT2D eigenvalue weighted by molar-refractivity contribution is 5.93. The van der Waals surface area contributed by atoms with Gasteiger partial charge in [-0.05, 0) is 24.6 Å². The number of nitrogens with one attached hydrogen (secondary N) is 1. The zero-order chi connectivity index (χ0) is 13.9. The van der Waals surface area contributed by atoms with Crippen LogP contribution in [0.25, 0.3) is 0 Å². The fourth-order valence-corrected chi connectivity index (χ4v) is 1.42. The lowest BCUT2D eigenvalue weighted by molar-refractivity contribution is -0.115. The number of halogens is 4. The summed E-state index contributed by atoms with van der Waals surface area (Å²) in [6, 6.07) is 2.06. The molecule has 0 amide bonds. The molecule has 0 aliphatic heterocycles. The molecule has 0 aliphatic rings. The molecule has 1 aromatic carbocycles. The van der Waals surface area contributed by atoms with Gasteiger partial charge < -0.3 is 10.1 Å². The minimum absolute atomic E-state index is 0.0362. The van der Waals surface area contributed by atoms with Crippen LogP contribution in [0.5, 0.6) is 0 Å². The molecule has 0 spiro atoms. The largest absolute Gasteiger partial charge is 0.465 e. The van der Waals surface area contributed by atoms with Gasteiger partial charge in [0, 0.05) is 5.69 Å². The second kappa shape index (κ2) is 5.24. The van der Waals surface area contributed by atoms with Crippen molar-refractivity contribution in [2.75, 3.05) is 19.0 Å². The molecule has 0 atom stereocenters. The van der Waals surface area contributed by atoms with E-state index in [1.165, 1.54) is 6.92 Å². The van der Waals surface area contributed by atoms with E-state index in [0.717, 1.165) is 19.2 Å². The third-order valence-electron chi connectivity index (χ3n) is 2.28. The summed E-state index contributed by atoms with van der Waals surface area (Å²) in [4.78, 5) is 11.3. The Hall–Kier alpha value is -1.79. The molecule has 0 aliphatic carbocycles. The zero-order valence-corrected chi connectivity index (χ0v) is 9.69. The van der Waals surface area contributed by atoms with Crippen molar-refractivity contribution < 1.29 is 27.1 Å². The summed E-state index contributed by atoms with van der Waals surface area (Å²) in [6.45, 7) is 0.0775. The number of rotatable bonds is 3. The van der Waals surface area contributed by atoms with E-state index in [0.29, 0.717) is 0 Å². The van der Waals surface area contributed by atoms with Crippen LogP contribution in [0.1, 0.15) is 15.9 Å². The molecule has 7 heteroatoms. The van der Waals surface area contributed by atoms with Crippen molar-refractivity contribution in [1.82, 2.24) is 0 Å². The maximum absolute atomic E-state index is 13.4. The van der Waals surface area contributed by atoms with Gasteiger partial charge in [0.15, 0.2) is 0 Å². The molecule has 1 rings (SSSR count). The highest BCUT2D eigenvalue weighted by Gasteiger charge is 2.27. The number of hydrogen-bond acceptors (Lipinski definition) is 3. The van der Waals surface area contributed by atoms with E-state index < -0.39 is 24.5 Å². The van der Waals surface area contributed by atoms with Crippen molar-refractivity contribution >= 4 is 11.7 Å². The van der Waals surface area contributed by atoms with Crippen molar-refractivity contribution in [3.05, 3.63) is 29.1 Å². The molecule has 1 aromatic rings. The van der Waals surface area contributed by atoms with Crippen LogP contribution in [0, 0.1) is 12.7 Å². The maximum atomic E-state index is 13.4. The Morgan fingerprint density at radius 3 is 2.50 bits per heavy atom. The monoisotopic (exact) mass is 265 g/mol. The fraction of sp³-hybridized carbons (Fsp3) is 0.364. The normalized spacial score (nSPS) is 11.2. The third-order valence-corrected chi connectivity index (χ3v) is 2.28. The molecule has 0 saturated carbocycles. The van der Waals surface area contributed by atoms with Crippen LogP contribution in [-0.2, 0) is 4.74 Å². The molecule has 18 heavy (non-hydrogen) atoms. The Balaban J connectivity index is 3.05. The summed E-state index contributed by atoms with van der Waals surface area (Å²) < 4.78 is 53.9. The molecule has 0 fully saturated rings. The minimum Gasteiger partial charge on any atom is -0.465 e. The summed E-state index contributed by atoms with van der Waals surface area (Å²) in [6.07, 6.45) is -4.40. The molecule has 0 unspecified atom stereocenters. The highest BCUT2D eigenvalue weighted by atomic mass is 19.4. The van der Waals surface area contributed by atoms with E-state index in [9.17, 15) is 22.4 Å². The van der Waals surface area contributed by atoms with Gasteiger partial charge in [0.2, 0.25) is 0 Å². The summed E-state index contributed by atoms with van der Waals surface area (Å²) >= 11 is 0. The van der Waals surface area contributed by atoms with Crippen molar-refractivity contribution in [1.29, 1.82) is 0 Å². The number of carbonyl (C=O) groups is 1. The lowest BCUT2D eigenvalue weighted by Gasteiger charge is -2.14. The smallest absolute Gasteiger partial charge is 0.405 e. The first kappa shape index (κ1) is 14.3. The number of anilines is 1. The Labute approximate surface area is 101 Å². The van der Waals surface area contributed by atoms with Crippen LogP contribution in [0.15, 0.2) is 12.1 Å². The molecule has 100 valence electrons. The van der Waals surface area contributed by atoms with E-state index >= 15 is 0 Å². The number of benzene rings is 1. The van der Waals surface area contributed by atoms with E-state index in [2.05, 4.69) is 10.1 Å². The van der Waals surface area contributed by atoms with Crippen molar-refractivity contribution in [2.45, 2.75) is 13.1 Å². The van der Waals surface area contributed by atoms with Gasteiger partial charge >= 0.3 is 12.1 Å². The van der Waals surface area contributed by atoms with Gasteiger partial charge in [-0.3, -0.25) is 0 Å². The molecule has 0 saturated heterocycles. The Morgan fingerprint density at radius 1 is 1.39 bits per heavy atom. The number of methoxy groups -OCH3 is 1. The molecular formula is C11H11F4NO2. The second-order valence-corrected chi connectivity index (χ2v) is 3.56. The Morgan fingerprint density at radius 2 is 2.00 bits per heavy atom. The first-order chi connectivity index (χ1) is 8.26. The van der Waals surface area contributed by atoms with Gasteiger partial charge in [-0.25, -0.2) is 9.18 Å². The fourth-order valence-electron chi connectivity index (χ4n) is 1.42. The van der Waals surface area contributed by atoms with Crippen molar-refractivity contribution in [3.8, 4) is 0 Å². The molecule has 0 bridgehead atoms. The van der Waals surface area contributed by atoms with Crippen molar-refractivity contribution in [2.24, 2.45) is 0 Å². The van der Waals surface area contributed by atoms with Crippen LogP contribution in [-0.4, -0.2) is 25.8 Å². The van der Waals surface area contributed by atoms with Crippen LogP contribution in [0.2, 0.25) is 0 Å². The predicted molar refractivity (Wildman–Crippen MR) is 57.0 cm³/mol. The summed E-state index contributed by atoms with van der Waals surface area (Å²) in [5.41, 5.74) is -0.259. The predicted octanol–water partition coefficient (Wildman–Crippen LogP) is 2.89. The average molecular weight is 265 g/mol. The number of ether oxygens (including phenoxy) is 1. The van der Waals surface area contributed by atoms with E-state index in [1.54, 1.807) is 0 Å². The molecule has 0 heterocycles. The summed E-state index contributed by atoms with van der Waals surface area (Å²) in [5, 5.41) is 2.10. The van der Waals surface area contributed by atoms with E-state index in [-0.39, 0.29) is 16.8 Å². The number of carbonyl (C=O) groups excluding carboxylic acids is 1. The van der Waals surface area contributed by atoms with Gasteiger partial charge in [-0.1, -0.05) is 0 Å². The summed E-state index contributed by atoms with van der Waals surface area (Å²) in [7, 11) is 1.07. The number of esters is 1. The lowest BCUT2D eigenvalue weighted by Crippen LogP contribution is -2.22. The van der Waals surface area contributed by atoms with Gasteiger partial charge in [0.05, 0.1) is 7.11 Å². The zero-order valence-electron chi connectivity index (χ0n) is 9.69. The molecular weight excluding hydrogens is 254 g/mol. The van der Waals surface area contributed by atoms with E-state index in [1.807, 2.05) is 0 Å². The van der Waals surface area contributed by atoms with Crippen LogP contribution >= 0.6 is 0 Å². The minimum atomic E-state index is -4.40. The quantitative estimate of drug-likeness (QED) is 0.674. The number of alkyl halides is 3. The van der Waals surface area contributed by atoms with Crippen molar-refractivity contribution in [3.63, 3.8) is 0 Å². The molecule has 0 aromatic heterocycles. The topological polar surface area (TPSA) is 38.3 Å². The van der Waals surface area contributed by atoms with Crippen LogP contribution in [0.3, 0.4) is 0 Å². The average Bonchev–Trinajstić information content (AvgIpc) is 2.26. The SMILES string of the molecule is COC(=O)c1c(F)ccc(NCC(F)(F)F)c1C. The van der Waals surface area contributed by atoms with Gasteiger partial charge in [0.25, 0.3) is 0 Å². The Kier molecular flexibility index (Phi) is 4.15. The van der Waals surface area contributed by atoms with E-state index in [4.69, 9.17) is 0 Å². The lowest BCUT2D eigenvalue weighted by atomic mass is 10.1. The Bertz CT molecular complexity index is 457. The van der Waals surface area contributed by atoms with Gasteiger partial charge in [0.1, 0.15) is 17.9 Å². The third kappa shape index (κ3) is 3.35. The van der Waals surface area contributed by atoms with Crippen LogP contribution < -0.4 is 5.32 Å². The van der Waals surface area contributed by atoms with Gasteiger partial charge in [-0.2, -0.15) is 13.2 Å². The first-order valence-corrected chi connectivity index (χ1v) is 4.94. The number of hydrogen-bond donors (Lipinski definition) is 1. The van der Waals surface area contributed by atoms with Crippen LogP contribution in [0.4, 0.5) is 23.2 Å². The van der Waals surface area contributed by atoms with Gasteiger partial charge in [-0.15, -0.1) is 0 Å². The first-order valence-electron chi connectivity index (χ1n) is 4.94. The standard InChI is InChI=1S/C11H11F4NO2/c1-6-8(16-5-11(13,14)15)4-3-7(12)9(6)10(17)18-2/h3-4,16H,5H2,1-2H3. The molecule has 0 radical (unpaired) electrons. The summed E-state index contributed by atoms with van der Waals surface area (Å²) in [5.74, 6) is -1.77. The molecule has 3 nitrogen and oxygen atoms in total. The maximum Gasteiger partial charge on any atom is 0.405 e. The second-order valence-electron chi connectivity index (χ2n) is 3.56.